The van der Waals surface area contributed by atoms with Gasteiger partial charge in [0.25, 0.3) is 0 Å². The van der Waals surface area contributed by atoms with Crippen molar-refractivity contribution < 1.29 is 23.8 Å². The highest BCUT2D eigenvalue weighted by Crippen LogP contribution is 2.29. The molecule has 2 aromatic rings. The average molecular weight is 376 g/mol. The van der Waals surface area contributed by atoms with Crippen LogP contribution in [-0.4, -0.2) is 27.4 Å². The molecule has 2 N–H and O–H groups in total. The average Bonchev–Trinajstić information content (AvgIpc) is 2.48. The first-order valence-corrected chi connectivity index (χ1v) is 7.19. The van der Waals surface area contributed by atoms with E-state index in [9.17, 15) is 23.5 Å². The van der Waals surface area contributed by atoms with Gasteiger partial charge in [0.05, 0.1) is 28.0 Å². The van der Waals surface area contributed by atoms with E-state index in [0.29, 0.717) is 6.42 Å². The van der Waals surface area contributed by atoms with E-state index in [4.69, 9.17) is 5.11 Å². The van der Waals surface area contributed by atoms with Crippen LogP contribution in [0.1, 0.15) is 29.7 Å². The summed E-state index contributed by atoms with van der Waals surface area (Å²) in [6.45, 7) is 1.32. The number of aliphatic hydroxyl groups is 1. The van der Waals surface area contributed by atoms with Gasteiger partial charge in [-0.1, -0.05) is 6.92 Å². The zero-order valence-corrected chi connectivity index (χ0v) is 13.0. The van der Waals surface area contributed by atoms with Crippen molar-refractivity contribution in [1.29, 1.82) is 0 Å². The third kappa shape index (κ3) is 2.52. The van der Waals surface area contributed by atoms with E-state index < -0.39 is 39.1 Å². The summed E-state index contributed by atoms with van der Waals surface area (Å²) in [5.41, 5.74) is -1.83. The molecule has 2 rings (SSSR count). The van der Waals surface area contributed by atoms with Crippen molar-refractivity contribution in [2.45, 2.75) is 19.4 Å². The number of carboxylic acids is 1. The zero-order valence-electron chi connectivity index (χ0n) is 11.4. The molecule has 118 valence electrons. The molecule has 8 heteroatoms. The fourth-order valence-electron chi connectivity index (χ4n) is 2.27. The monoisotopic (exact) mass is 375 g/mol. The van der Waals surface area contributed by atoms with Crippen molar-refractivity contribution in [3.05, 3.63) is 44.2 Å². The smallest absolute Gasteiger partial charge is 0.341 e. The summed E-state index contributed by atoms with van der Waals surface area (Å²) in [6.07, 6.45) is 1.34. The number of rotatable bonds is 4. The molecule has 1 aromatic heterocycles. The second-order valence-corrected chi connectivity index (χ2v) is 5.50. The molecule has 1 atom stereocenters. The Hall–Kier alpha value is -1.80. The number of aromatic carboxylic acids is 1. The third-order valence-electron chi connectivity index (χ3n) is 3.46. The molecule has 0 saturated carbocycles. The third-order valence-corrected chi connectivity index (χ3v) is 4.18. The van der Waals surface area contributed by atoms with Crippen LogP contribution in [0.25, 0.3) is 10.9 Å². The van der Waals surface area contributed by atoms with Gasteiger partial charge in [0.15, 0.2) is 5.82 Å². The Balaban J connectivity index is 3.05. The molecule has 1 aromatic carbocycles. The Kier molecular flexibility index (Phi) is 4.62. The lowest BCUT2D eigenvalue weighted by atomic mass is 10.1. The van der Waals surface area contributed by atoms with Crippen molar-refractivity contribution in [2.75, 3.05) is 6.61 Å². The first kappa shape index (κ1) is 16.6. The molecule has 0 amide bonds. The predicted octanol–water partition coefficient (Wildman–Crippen LogP) is 2.68. The van der Waals surface area contributed by atoms with Crippen LogP contribution in [0, 0.1) is 11.6 Å². The summed E-state index contributed by atoms with van der Waals surface area (Å²) >= 11 is 2.76. The molecular weight excluding hydrogens is 364 g/mol. The Labute approximate surface area is 131 Å². The number of carbonyl (C=O) groups is 1. The normalized spacial score (nSPS) is 12.6. The number of hydrogen-bond acceptors (Lipinski definition) is 3. The number of pyridine rings is 1. The quantitative estimate of drug-likeness (QED) is 0.805. The number of aliphatic hydroxyl groups excluding tert-OH is 1. The van der Waals surface area contributed by atoms with E-state index >= 15 is 0 Å². The lowest BCUT2D eigenvalue weighted by Crippen LogP contribution is -2.23. The maximum atomic E-state index is 14.4. The fourth-order valence-corrected chi connectivity index (χ4v) is 2.57. The fraction of sp³-hybridized carbons (Fsp3) is 0.286. The maximum Gasteiger partial charge on any atom is 0.341 e. The van der Waals surface area contributed by atoms with Crippen LogP contribution in [0.15, 0.2) is 21.5 Å². The van der Waals surface area contributed by atoms with Gasteiger partial charge in [0, 0.05) is 6.20 Å². The van der Waals surface area contributed by atoms with Crippen molar-refractivity contribution in [2.24, 2.45) is 0 Å². The SMILES string of the molecule is CC[C@@H](CO)n1cc(C(=O)O)c(=O)c2cc(F)c(Br)c(F)c21. The van der Waals surface area contributed by atoms with Crippen molar-refractivity contribution in [3.63, 3.8) is 0 Å². The Bertz CT molecular complexity index is 815. The van der Waals surface area contributed by atoms with Gasteiger partial charge in [0.1, 0.15) is 11.4 Å². The first-order valence-electron chi connectivity index (χ1n) is 6.39. The molecule has 0 bridgehead atoms. The predicted molar refractivity (Wildman–Crippen MR) is 79.2 cm³/mol. The van der Waals surface area contributed by atoms with Gasteiger partial charge in [0.2, 0.25) is 5.43 Å². The van der Waals surface area contributed by atoms with Crippen molar-refractivity contribution in [3.8, 4) is 0 Å². The van der Waals surface area contributed by atoms with Gasteiger partial charge < -0.3 is 14.8 Å². The first-order chi connectivity index (χ1) is 10.3. The summed E-state index contributed by atoms with van der Waals surface area (Å²) in [5.74, 6) is -3.53. The maximum absolute atomic E-state index is 14.4. The van der Waals surface area contributed by atoms with E-state index in [1.165, 1.54) is 4.57 Å². The molecular formula is C14H12BrF2NO4. The van der Waals surface area contributed by atoms with Crippen LogP contribution in [-0.2, 0) is 0 Å². The number of halogens is 3. The zero-order chi connectivity index (χ0) is 16.6. The van der Waals surface area contributed by atoms with Gasteiger partial charge in [-0.25, -0.2) is 13.6 Å². The second-order valence-electron chi connectivity index (χ2n) is 4.71. The Morgan fingerprint density at radius 3 is 2.59 bits per heavy atom. The molecule has 0 spiro atoms. The summed E-state index contributed by atoms with van der Waals surface area (Å²) in [7, 11) is 0. The van der Waals surface area contributed by atoms with E-state index in [0.717, 1.165) is 12.3 Å². The van der Waals surface area contributed by atoms with Gasteiger partial charge in [-0.3, -0.25) is 4.79 Å². The number of carboxylic acid groups (broad SMARTS) is 1. The van der Waals surface area contributed by atoms with E-state index in [2.05, 4.69) is 15.9 Å². The minimum absolute atomic E-state index is 0.246. The standard InChI is InChI=1S/C14H12BrF2NO4/c1-2-6(5-19)18-4-8(14(21)22)13(20)7-3-9(16)10(15)11(17)12(7)18/h3-4,6,19H,2,5H2,1H3,(H,21,22)/t6-/m0/s1. The number of fused-ring (bicyclic) bond motifs is 1. The lowest BCUT2D eigenvalue weighted by molar-refractivity contribution is 0.0694. The molecule has 0 unspecified atom stereocenters. The number of benzene rings is 1. The molecule has 22 heavy (non-hydrogen) atoms. The molecule has 5 nitrogen and oxygen atoms in total. The number of aromatic nitrogens is 1. The van der Waals surface area contributed by atoms with E-state index in [1.54, 1.807) is 6.92 Å². The van der Waals surface area contributed by atoms with Gasteiger partial charge in [-0.15, -0.1) is 0 Å². The highest BCUT2D eigenvalue weighted by Gasteiger charge is 2.23. The van der Waals surface area contributed by atoms with Gasteiger partial charge >= 0.3 is 5.97 Å². The minimum Gasteiger partial charge on any atom is -0.477 e. The van der Waals surface area contributed by atoms with Gasteiger partial charge in [-0.2, -0.15) is 0 Å². The number of hydrogen-bond donors (Lipinski definition) is 2. The highest BCUT2D eigenvalue weighted by atomic mass is 79.9. The largest absolute Gasteiger partial charge is 0.477 e. The van der Waals surface area contributed by atoms with Crippen LogP contribution in [0.4, 0.5) is 8.78 Å². The van der Waals surface area contributed by atoms with E-state index in [1.807, 2.05) is 0 Å². The lowest BCUT2D eigenvalue weighted by Gasteiger charge is -2.21. The van der Waals surface area contributed by atoms with E-state index in [-0.39, 0.29) is 17.5 Å². The topological polar surface area (TPSA) is 79.5 Å². The summed E-state index contributed by atoms with van der Waals surface area (Å²) in [5, 5.41) is 18.1. The molecule has 0 aliphatic heterocycles. The van der Waals surface area contributed by atoms with Crippen LogP contribution < -0.4 is 5.43 Å². The van der Waals surface area contributed by atoms with Gasteiger partial charge in [-0.05, 0) is 28.4 Å². The van der Waals surface area contributed by atoms with Crippen LogP contribution >= 0.6 is 15.9 Å². The number of nitrogens with zero attached hydrogens (tertiary/aromatic N) is 1. The van der Waals surface area contributed by atoms with Crippen LogP contribution in [0.3, 0.4) is 0 Å². The Morgan fingerprint density at radius 2 is 2.09 bits per heavy atom. The summed E-state index contributed by atoms with van der Waals surface area (Å²) in [6, 6.07) is 0.144. The minimum atomic E-state index is -1.50. The summed E-state index contributed by atoms with van der Waals surface area (Å²) in [4.78, 5) is 23.3. The van der Waals surface area contributed by atoms with Crippen LogP contribution in [0.5, 0.6) is 0 Å². The van der Waals surface area contributed by atoms with Crippen molar-refractivity contribution in [1.82, 2.24) is 4.57 Å². The van der Waals surface area contributed by atoms with Crippen LogP contribution in [0.2, 0.25) is 0 Å². The molecule has 1 heterocycles. The molecule has 0 aliphatic rings. The molecule has 0 fully saturated rings. The molecule has 0 saturated heterocycles. The molecule has 0 aliphatic carbocycles. The molecule has 0 radical (unpaired) electrons. The Morgan fingerprint density at radius 1 is 1.45 bits per heavy atom. The highest BCUT2D eigenvalue weighted by molar-refractivity contribution is 9.10. The van der Waals surface area contributed by atoms with Crippen molar-refractivity contribution >= 4 is 32.8 Å². The second kappa shape index (κ2) is 6.13. The summed E-state index contributed by atoms with van der Waals surface area (Å²) < 4.78 is 28.8.